The van der Waals surface area contributed by atoms with Crippen molar-refractivity contribution in [3.8, 4) is 0 Å². The Labute approximate surface area is 112 Å². The van der Waals surface area contributed by atoms with Crippen molar-refractivity contribution in [2.45, 2.75) is 30.5 Å². The molecule has 0 radical (unpaired) electrons. The first-order chi connectivity index (χ1) is 8.46. The predicted molar refractivity (Wildman–Crippen MR) is 77.1 cm³/mol. The second-order valence-electron chi connectivity index (χ2n) is 4.51. The minimum atomic E-state index is -3.32. The lowest BCUT2D eigenvalue weighted by Gasteiger charge is -2.08. The maximum Gasteiger partial charge on any atom is 0.204 e. The van der Waals surface area contributed by atoms with E-state index < -0.39 is 9.84 Å². The summed E-state index contributed by atoms with van der Waals surface area (Å²) in [5.74, 6) is 0.526. The SMILES string of the molecule is CC(C)SCC1=Cc2cccc(CN)c2S1(=O)=O. The molecule has 0 fully saturated rings. The standard InChI is InChI=1S/C13H17NO2S2/c1-9(2)17-8-12-6-10-4-3-5-11(7-14)13(10)18(12,15)16/h3-6,9H,7-8,14H2,1-2H3. The van der Waals surface area contributed by atoms with Crippen molar-refractivity contribution in [3.63, 3.8) is 0 Å². The first-order valence-corrected chi connectivity index (χ1v) is 8.39. The van der Waals surface area contributed by atoms with Gasteiger partial charge in [0.2, 0.25) is 9.84 Å². The third-order valence-electron chi connectivity index (χ3n) is 2.84. The van der Waals surface area contributed by atoms with E-state index in [1.165, 1.54) is 0 Å². The predicted octanol–water partition coefficient (Wildman–Crippen LogP) is 2.42. The fraction of sp³-hybridized carbons (Fsp3) is 0.385. The summed E-state index contributed by atoms with van der Waals surface area (Å²) in [5.41, 5.74) is 7.10. The van der Waals surface area contributed by atoms with E-state index in [9.17, 15) is 8.42 Å². The van der Waals surface area contributed by atoms with Gasteiger partial charge in [0.1, 0.15) is 0 Å². The topological polar surface area (TPSA) is 60.2 Å². The van der Waals surface area contributed by atoms with Gasteiger partial charge in [0.05, 0.1) is 9.80 Å². The molecule has 0 saturated heterocycles. The van der Waals surface area contributed by atoms with E-state index in [1.807, 2.05) is 12.1 Å². The number of hydrogen-bond donors (Lipinski definition) is 1. The van der Waals surface area contributed by atoms with E-state index >= 15 is 0 Å². The van der Waals surface area contributed by atoms with E-state index in [0.717, 1.165) is 5.56 Å². The third-order valence-corrected chi connectivity index (χ3v) is 6.15. The molecule has 1 aromatic rings. The third kappa shape index (κ3) is 2.35. The molecule has 0 bridgehead atoms. The Morgan fingerprint density at radius 1 is 1.33 bits per heavy atom. The summed E-state index contributed by atoms with van der Waals surface area (Å²) in [4.78, 5) is 0.906. The molecule has 0 saturated carbocycles. The Morgan fingerprint density at radius 3 is 2.67 bits per heavy atom. The van der Waals surface area contributed by atoms with Crippen LogP contribution in [-0.4, -0.2) is 19.4 Å². The van der Waals surface area contributed by atoms with E-state index in [2.05, 4.69) is 13.8 Å². The average Bonchev–Trinajstić information content (AvgIpc) is 2.58. The first kappa shape index (κ1) is 13.6. The van der Waals surface area contributed by atoms with Crippen LogP contribution in [0.5, 0.6) is 0 Å². The zero-order chi connectivity index (χ0) is 13.3. The van der Waals surface area contributed by atoms with Gasteiger partial charge in [-0.2, -0.15) is 11.8 Å². The molecule has 1 heterocycles. The van der Waals surface area contributed by atoms with Crippen molar-refractivity contribution < 1.29 is 8.42 Å². The van der Waals surface area contributed by atoms with Gasteiger partial charge in [-0.1, -0.05) is 32.0 Å². The van der Waals surface area contributed by atoms with Crippen LogP contribution in [0.1, 0.15) is 25.0 Å². The van der Waals surface area contributed by atoms with Crippen molar-refractivity contribution in [2.24, 2.45) is 5.73 Å². The lowest BCUT2D eigenvalue weighted by molar-refractivity contribution is 0.602. The maximum absolute atomic E-state index is 12.4. The van der Waals surface area contributed by atoms with Gasteiger partial charge in [-0.25, -0.2) is 8.42 Å². The van der Waals surface area contributed by atoms with Crippen molar-refractivity contribution >= 4 is 27.7 Å². The first-order valence-electron chi connectivity index (χ1n) is 5.86. The molecule has 0 unspecified atom stereocenters. The van der Waals surface area contributed by atoms with Gasteiger partial charge < -0.3 is 5.73 Å². The summed E-state index contributed by atoms with van der Waals surface area (Å²) in [6.45, 7) is 4.37. The van der Waals surface area contributed by atoms with Gasteiger partial charge in [0.15, 0.2) is 0 Å². The Balaban J connectivity index is 2.41. The monoisotopic (exact) mass is 283 g/mol. The highest BCUT2D eigenvalue weighted by atomic mass is 32.2. The summed E-state index contributed by atoms with van der Waals surface area (Å²) in [7, 11) is -3.32. The molecule has 2 N–H and O–H groups in total. The van der Waals surface area contributed by atoms with Crippen molar-refractivity contribution in [3.05, 3.63) is 34.2 Å². The van der Waals surface area contributed by atoms with Gasteiger partial charge in [-0.05, 0) is 22.5 Å². The highest BCUT2D eigenvalue weighted by molar-refractivity contribution is 8.02. The Morgan fingerprint density at radius 2 is 2.06 bits per heavy atom. The van der Waals surface area contributed by atoms with E-state index in [4.69, 9.17) is 5.73 Å². The second-order valence-corrected chi connectivity index (χ2v) is 8.02. The van der Waals surface area contributed by atoms with E-state index in [0.29, 0.717) is 26.4 Å². The summed E-state index contributed by atoms with van der Waals surface area (Å²) < 4.78 is 24.9. The van der Waals surface area contributed by atoms with Crippen LogP contribution >= 0.6 is 11.8 Å². The average molecular weight is 283 g/mol. The Kier molecular flexibility index (Phi) is 3.84. The number of hydrogen-bond acceptors (Lipinski definition) is 4. The molecule has 3 nitrogen and oxygen atoms in total. The summed E-state index contributed by atoms with van der Waals surface area (Å²) >= 11 is 1.64. The quantitative estimate of drug-likeness (QED) is 0.922. The fourth-order valence-corrected chi connectivity index (χ4v) is 4.84. The molecule has 1 aliphatic rings. The number of thioether (sulfide) groups is 1. The highest BCUT2D eigenvalue weighted by Gasteiger charge is 2.31. The molecule has 1 aromatic carbocycles. The second kappa shape index (κ2) is 5.07. The van der Waals surface area contributed by atoms with Gasteiger partial charge in [0, 0.05) is 12.3 Å². The summed E-state index contributed by atoms with van der Waals surface area (Å²) in [6.07, 6.45) is 1.78. The van der Waals surface area contributed by atoms with E-state index in [-0.39, 0.29) is 6.54 Å². The van der Waals surface area contributed by atoms with Crippen LogP contribution in [0.3, 0.4) is 0 Å². The molecule has 98 valence electrons. The van der Waals surface area contributed by atoms with Crippen LogP contribution in [0.15, 0.2) is 28.0 Å². The Bertz CT molecular complexity index is 589. The van der Waals surface area contributed by atoms with Gasteiger partial charge in [-0.15, -0.1) is 0 Å². The maximum atomic E-state index is 12.4. The zero-order valence-electron chi connectivity index (χ0n) is 10.5. The van der Waals surface area contributed by atoms with Crippen LogP contribution in [0.4, 0.5) is 0 Å². The molecule has 1 aliphatic heterocycles. The smallest absolute Gasteiger partial charge is 0.204 e. The molecular weight excluding hydrogens is 266 g/mol. The lowest BCUT2D eigenvalue weighted by atomic mass is 10.1. The molecular formula is C13H17NO2S2. The number of sulfone groups is 1. The van der Waals surface area contributed by atoms with Gasteiger partial charge >= 0.3 is 0 Å². The molecule has 5 heteroatoms. The van der Waals surface area contributed by atoms with Crippen LogP contribution in [-0.2, 0) is 16.4 Å². The summed E-state index contributed by atoms with van der Waals surface area (Å²) in [5, 5.41) is 0.416. The van der Waals surface area contributed by atoms with Crippen LogP contribution < -0.4 is 5.73 Å². The summed E-state index contributed by atoms with van der Waals surface area (Å²) in [6, 6.07) is 5.47. The minimum Gasteiger partial charge on any atom is -0.326 e. The molecule has 0 aromatic heterocycles. The number of rotatable bonds is 4. The zero-order valence-corrected chi connectivity index (χ0v) is 12.1. The minimum absolute atomic E-state index is 0.251. The molecule has 0 spiro atoms. The lowest BCUT2D eigenvalue weighted by Crippen LogP contribution is -2.09. The largest absolute Gasteiger partial charge is 0.326 e. The molecule has 18 heavy (non-hydrogen) atoms. The number of benzene rings is 1. The molecule has 0 aliphatic carbocycles. The highest BCUT2D eigenvalue weighted by Crippen LogP contribution is 2.37. The van der Waals surface area contributed by atoms with Gasteiger partial charge in [-0.3, -0.25) is 0 Å². The normalized spacial score (nSPS) is 16.8. The Hall–Kier alpha value is -0.780. The molecule has 0 atom stereocenters. The van der Waals surface area contributed by atoms with Crippen LogP contribution in [0, 0.1) is 0 Å². The van der Waals surface area contributed by atoms with Crippen molar-refractivity contribution in [1.82, 2.24) is 0 Å². The van der Waals surface area contributed by atoms with Crippen molar-refractivity contribution in [1.29, 1.82) is 0 Å². The fourth-order valence-electron chi connectivity index (χ4n) is 1.96. The van der Waals surface area contributed by atoms with Crippen LogP contribution in [0.25, 0.3) is 6.08 Å². The molecule has 0 amide bonds. The number of fused-ring (bicyclic) bond motifs is 1. The van der Waals surface area contributed by atoms with Crippen LogP contribution in [0.2, 0.25) is 0 Å². The van der Waals surface area contributed by atoms with Gasteiger partial charge in [0.25, 0.3) is 0 Å². The molecule has 2 rings (SSSR count). The van der Waals surface area contributed by atoms with Crippen molar-refractivity contribution in [2.75, 3.05) is 5.75 Å². The number of nitrogens with two attached hydrogens (primary N) is 1. The van der Waals surface area contributed by atoms with E-state index in [1.54, 1.807) is 23.9 Å².